The van der Waals surface area contributed by atoms with Crippen LogP contribution in [0.5, 0.6) is 0 Å². The smallest absolute Gasteiger partial charge is 0.250 e. The first kappa shape index (κ1) is 21.3. The maximum atomic E-state index is 14.6. The van der Waals surface area contributed by atoms with Crippen LogP contribution in [0.25, 0.3) is 0 Å². The van der Waals surface area contributed by atoms with Gasteiger partial charge < -0.3 is 21.1 Å². The number of hydrogen-bond acceptors (Lipinski definition) is 4. The van der Waals surface area contributed by atoms with Gasteiger partial charge in [0.15, 0.2) is 11.6 Å². The van der Waals surface area contributed by atoms with Crippen LogP contribution in [0.4, 0.5) is 24.5 Å². The Morgan fingerprint density at radius 2 is 1.93 bits per heavy atom. The highest BCUT2D eigenvalue weighted by Gasteiger charge is 2.22. The Bertz CT molecular complexity index is 901. The molecule has 0 aliphatic rings. The number of hydrogen-bond donors (Lipinski definition) is 3. The molecule has 0 saturated heterocycles. The van der Waals surface area contributed by atoms with Crippen molar-refractivity contribution in [3.63, 3.8) is 0 Å². The van der Waals surface area contributed by atoms with Crippen molar-refractivity contribution in [2.45, 2.75) is 20.5 Å². The van der Waals surface area contributed by atoms with E-state index in [1.165, 1.54) is 12.1 Å². The quantitative estimate of drug-likeness (QED) is 0.565. The fourth-order valence-corrected chi connectivity index (χ4v) is 2.48. The third kappa shape index (κ3) is 5.26. The van der Waals surface area contributed by atoms with Gasteiger partial charge >= 0.3 is 0 Å². The molecule has 150 valence electrons. The lowest BCUT2D eigenvalue weighted by Gasteiger charge is -2.15. The van der Waals surface area contributed by atoms with Gasteiger partial charge in [0.25, 0.3) is 5.91 Å². The molecule has 4 N–H and O–H groups in total. The maximum absolute atomic E-state index is 14.6. The first-order valence-corrected chi connectivity index (χ1v) is 8.51. The molecule has 0 heterocycles. The molecule has 0 bridgehead atoms. The second-order valence-electron chi connectivity index (χ2n) is 6.32. The van der Waals surface area contributed by atoms with Gasteiger partial charge in [-0.05, 0) is 37.6 Å². The average molecular weight is 393 g/mol. The molecule has 0 aromatic heterocycles. The van der Waals surface area contributed by atoms with Crippen LogP contribution in [-0.2, 0) is 11.3 Å². The Hall–Kier alpha value is -3.00. The fraction of sp³-hybridized carbons (Fsp3) is 0.250. The molecule has 0 spiro atoms. The topological polar surface area (TPSA) is 76.4 Å². The van der Waals surface area contributed by atoms with E-state index in [0.29, 0.717) is 12.1 Å². The standard InChI is InChI=1S/C20H22F3N3O2/c1-11(2)25-6-7-28-10-13-9-14(20(24)27)19(18(23)17(13)22)26-16-5-4-12(3)8-15(16)21/h4-5,8-9,25-26H,1,6-7,10H2,2-3H3,(H2,24,27). The maximum Gasteiger partial charge on any atom is 0.250 e. The van der Waals surface area contributed by atoms with E-state index >= 15 is 0 Å². The molecule has 0 aliphatic carbocycles. The monoisotopic (exact) mass is 393 g/mol. The Morgan fingerprint density at radius 3 is 2.54 bits per heavy atom. The third-order valence-electron chi connectivity index (χ3n) is 3.86. The van der Waals surface area contributed by atoms with Crippen LogP contribution in [0.1, 0.15) is 28.4 Å². The molecule has 0 unspecified atom stereocenters. The highest BCUT2D eigenvalue weighted by atomic mass is 19.2. The van der Waals surface area contributed by atoms with Gasteiger partial charge in [-0.3, -0.25) is 4.79 Å². The van der Waals surface area contributed by atoms with Gasteiger partial charge in [0, 0.05) is 17.8 Å². The van der Waals surface area contributed by atoms with Gasteiger partial charge in [0.05, 0.1) is 30.2 Å². The summed E-state index contributed by atoms with van der Waals surface area (Å²) in [5.74, 6) is -4.20. The van der Waals surface area contributed by atoms with E-state index in [0.717, 1.165) is 11.8 Å². The molecule has 2 aromatic rings. The highest BCUT2D eigenvalue weighted by molar-refractivity contribution is 5.99. The number of ether oxygens (including phenoxy) is 1. The molecule has 2 rings (SSSR count). The van der Waals surface area contributed by atoms with Crippen LogP contribution in [-0.4, -0.2) is 19.1 Å². The minimum Gasteiger partial charge on any atom is -0.387 e. The normalized spacial score (nSPS) is 10.6. The van der Waals surface area contributed by atoms with Crippen molar-refractivity contribution < 1.29 is 22.7 Å². The van der Waals surface area contributed by atoms with Gasteiger partial charge in [0.1, 0.15) is 5.82 Å². The second-order valence-corrected chi connectivity index (χ2v) is 6.32. The predicted octanol–water partition coefficient (Wildman–Crippen LogP) is 3.89. The van der Waals surface area contributed by atoms with E-state index < -0.39 is 29.0 Å². The predicted molar refractivity (Wildman–Crippen MR) is 102 cm³/mol. The number of halogens is 3. The number of rotatable bonds is 9. The number of carbonyl (C=O) groups is 1. The van der Waals surface area contributed by atoms with Gasteiger partial charge in [-0.1, -0.05) is 12.6 Å². The number of carbonyl (C=O) groups excluding carboxylic acids is 1. The van der Waals surface area contributed by atoms with E-state index in [1.54, 1.807) is 19.9 Å². The fourth-order valence-electron chi connectivity index (χ4n) is 2.48. The Morgan fingerprint density at radius 1 is 1.21 bits per heavy atom. The van der Waals surface area contributed by atoms with E-state index in [4.69, 9.17) is 10.5 Å². The zero-order valence-corrected chi connectivity index (χ0v) is 15.7. The van der Waals surface area contributed by atoms with Crippen molar-refractivity contribution in [2.24, 2.45) is 5.73 Å². The van der Waals surface area contributed by atoms with Gasteiger partial charge in [0.2, 0.25) is 0 Å². The number of aryl methyl sites for hydroxylation is 1. The summed E-state index contributed by atoms with van der Waals surface area (Å²) < 4.78 is 48.4. The van der Waals surface area contributed by atoms with Crippen molar-refractivity contribution in [3.05, 3.63) is 70.7 Å². The number of amides is 1. The summed E-state index contributed by atoms with van der Waals surface area (Å²) in [6.45, 7) is 7.51. The van der Waals surface area contributed by atoms with Crippen LogP contribution in [0, 0.1) is 24.4 Å². The van der Waals surface area contributed by atoms with Crippen molar-refractivity contribution in [1.82, 2.24) is 5.32 Å². The number of nitrogens with two attached hydrogens (primary N) is 1. The van der Waals surface area contributed by atoms with E-state index in [1.807, 2.05) is 0 Å². The molecule has 0 aliphatic heterocycles. The molecule has 1 amide bonds. The number of anilines is 2. The molecule has 0 fully saturated rings. The lowest BCUT2D eigenvalue weighted by molar-refractivity contribution is 0.0999. The third-order valence-corrected chi connectivity index (χ3v) is 3.86. The number of primary amides is 1. The minimum absolute atomic E-state index is 0.110. The Labute approximate surface area is 161 Å². The molecule has 5 nitrogen and oxygen atoms in total. The van der Waals surface area contributed by atoms with Crippen molar-refractivity contribution in [2.75, 3.05) is 18.5 Å². The Kier molecular flexibility index (Phi) is 7.06. The number of allylic oxidation sites excluding steroid dienone is 1. The molecule has 0 saturated carbocycles. The molecular formula is C20H22F3N3O2. The molecular weight excluding hydrogens is 371 g/mol. The number of benzene rings is 2. The first-order valence-electron chi connectivity index (χ1n) is 8.51. The lowest BCUT2D eigenvalue weighted by atomic mass is 10.1. The molecule has 2 aromatic carbocycles. The van der Waals surface area contributed by atoms with E-state index in [9.17, 15) is 18.0 Å². The Balaban J connectivity index is 2.28. The van der Waals surface area contributed by atoms with Crippen LogP contribution in [0.15, 0.2) is 36.5 Å². The molecule has 0 radical (unpaired) electrons. The number of nitrogens with one attached hydrogen (secondary N) is 2. The summed E-state index contributed by atoms with van der Waals surface area (Å²) in [5, 5.41) is 5.35. The van der Waals surface area contributed by atoms with Gasteiger partial charge in [-0.25, -0.2) is 13.2 Å². The molecule has 8 heteroatoms. The first-order chi connectivity index (χ1) is 13.2. The molecule has 0 atom stereocenters. The van der Waals surface area contributed by atoms with Crippen LogP contribution >= 0.6 is 0 Å². The largest absolute Gasteiger partial charge is 0.387 e. The zero-order valence-electron chi connectivity index (χ0n) is 15.7. The van der Waals surface area contributed by atoms with Crippen LogP contribution in [0.2, 0.25) is 0 Å². The second kappa shape index (κ2) is 9.27. The average Bonchev–Trinajstić information content (AvgIpc) is 2.61. The highest BCUT2D eigenvalue weighted by Crippen LogP contribution is 2.30. The minimum atomic E-state index is -1.34. The summed E-state index contributed by atoms with van der Waals surface area (Å²) in [6, 6.07) is 5.27. The summed E-state index contributed by atoms with van der Waals surface area (Å²) in [5.41, 5.74) is 5.59. The summed E-state index contributed by atoms with van der Waals surface area (Å²) in [6.07, 6.45) is 0. The van der Waals surface area contributed by atoms with Gasteiger partial charge in [-0.2, -0.15) is 0 Å². The van der Waals surface area contributed by atoms with Crippen molar-refractivity contribution >= 4 is 17.3 Å². The SMILES string of the molecule is C=C(C)NCCOCc1cc(C(N)=O)c(Nc2ccc(C)cc2F)c(F)c1F. The summed E-state index contributed by atoms with van der Waals surface area (Å²) in [7, 11) is 0. The van der Waals surface area contributed by atoms with E-state index in [-0.39, 0.29) is 30.0 Å². The summed E-state index contributed by atoms with van der Waals surface area (Å²) in [4.78, 5) is 11.8. The van der Waals surface area contributed by atoms with Crippen molar-refractivity contribution in [3.8, 4) is 0 Å². The van der Waals surface area contributed by atoms with Gasteiger partial charge in [-0.15, -0.1) is 0 Å². The summed E-state index contributed by atoms with van der Waals surface area (Å²) >= 11 is 0. The van der Waals surface area contributed by atoms with E-state index in [2.05, 4.69) is 17.2 Å². The van der Waals surface area contributed by atoms with Crippen LogP contribution < -0.4 is 16.4 Å². The zero-order chi connectivity index (χ0) is 20.8. The molecule has 28 heavy (non-hydrogen) atoms. The lowest BCUT2D eigenvalue weighted by Crippen LogP contribution is -2.18. The van der Waals surface area contributed by atoms with Crippen molar-refractivity contribution in [1.29, 1.82) is 0 Å². The van der Waals surface area contributed by atoms with Crippen LogP contribution in [0.3, 0.4) is 0 Å².